The van der Waals surface area contributed by atoms with Crippen molar-refractivity contribution in [1.29, 1.82) is 0 Å². The molecule has 2 N–H and O–H groups in total. The van der Waals surface area contributed by atoms with Gasteiger partial charge in [0.2, 0.25) is 0 Å². The maximum absolute atomic E-state index is 12.0. The number of amides is 2. The van der Waals surface area contributed by atoms with Crippen LogP contribution >= 0.6 is 11.6 Å². The fraction of sp³-hybridized carbons (Fsp3) is 0.385. The summed E-state index contributed by atoms with van der Waals surface area (Å²) in [6.45, 7) is 1.50. The molecule has 0 aromatic heterocycles. The zero-order chi connectivity index (χ0) is 17.1. The van der Waals surface area contributed by atoms with Crippen molar-refractivity contribution < 1.29 is 23.1 Å². The molecule has 0 radical (unpaired) electrons. The van der Waals surface area contributed by atoms with Crippen LogP contribution in [0.2, 0.25) is 5.02 Å². The number of aliphatic carboxylic acids is 1. The van der Waals surface area contributed by atoms with Gasteiger partial charge < -0.3 is 15.3 Å². The molecule has 0 heterocycles. The van der Waals surface area contributed by atoms with Gasteiger partial charge in [-0.25, -0.2) is 13.2 Å². The number of hydrogen-bond acceptors (Lipinski definition) is 4. The minimum Gasteiger partial charge on any atom is -0.481 e. The summed E-state index contributed by atoms with van der Waals surface area (Å²) in [7, 11) is -2.07. The van der Waals surface area contributed by atoms with E-state index < -0.39 is 27.8 Å². The summed E-state index contributed by atoms with van der Waals surface area (Å²) in [6, 6.07) is 3.54. The number of nitrogens with zero attached hydrogens (tertiary/aromatic N) is 1. The predicted molar refractivity (Wildman–Crippen MR) is 83.0 cm³/mol. The van der Waals surface area contributed by atoms with E-state index in [-0.39, 0.29) is 22.2 Å². The molecule has 0 saturated carbocycles. The first-order chi connectivity index (χ1) is 10.0. The molecule has 1 aromatic rings. The molecule has 0 aliphatic rings. The Hall–Kier alpha value is -1.80. The Morgan fingerprint density at radius 1 is 1.41 bits per heavy atom. The Kier molecular flexibility index (Phi) is 5.78. The third kappa shape index (κ3) is 4.88. The van der Waals surface area contributed by atoms with E-state index >= 15 is 0 Å². The van der Waals surface area contributed by atoms with Crippen LogP contribution in [-0.4, -0.2) is 50.3 Å². The second kappa shape index (κ2) is 6.97. The fourth-order valence-corrected chi connectivity index (χ4v) is 2.96. The first-order valence-corrected chi connectivity index (χ1v) is 8.54. The first-order valence-electron chi connectivity index (χ1n) is 6.27. The SMILES string of the molecule is CC(CN(C)C(=O)Nc1ccc(Cl)c(S(C)(=O)=O)c1)C(=O)O. The lowest BCUT2D eigenvalue weighted by atomic mass is 10.2. The van der Waals surface area contributed by atoms with E-state index in [9.17, 15) is 18.0 Å². The lowest BCUT2D eigenvalue weighted by Gasteiger charge is -2.20. The highest BCUT2D eigenvalue weighted by molar-refractivity contribution is 7.90. The number of halogens is 1. The highest BCUT2D eigenvalue weighted by Gasteiger charge is 2.18. The number of hydrogen-bond donors (Lipinski definition) is 2. The van der Waals surface area contributed by atoms with Gasteiger partial charge in [0.1, 0.15) is 0 Å². The fourth-order valence-electron chi connectivity index (χ4n) is 1.66. The van der Waals surface area contributed by atoms with E-state index in [1.165, 1.54) is 37.1 Å². The number of carbonyl (C=O) groups is 2. The second-order valence-electron chi connectivity index (χ2n) is 4.97. The Bertz CT molecular complexity index is 690. The van der Waals surface area contributed by atoms with Crippen molar-refractivity contribution in [3.05, 3.63) is 23.2 Å². The van der Waals surface area contributed by atoms with E-state index in [4.69, 9.17) is 16.7 Å². The van der Waals surface area contributed by atoms with Crippen molar-refractivity contribution >= 4 is 39.1 Å². The number of carboxylic acid groups (broad SMARTS) is 1. The molecule has 1 atom stereocenters. The molecule has 0 bridgehead atoms. The summed E-state index contributed by atoms with van der Waals surface area (Å²) in [5, 5.41) is 11.4. The van der Waals surface area contributed by atoms with E-state index in [0.717, 1.165) is 6.26 Å². The predicted octanol–water partition coefficient (Wildman–Crippen LogP) is 1.93. The van der Waals surface area contributed by atoms with Crippen LogP contribution in [0.4, 0.5) is 10.5 Å². The van der Waals surface area contributed by atoms with Gasteiger partial charge in [-0.1, -0.05) is 18.5 Å². The number of rotatable bonds is 5. The second-order valence-corrected chi connectivity index (χ2v) is 7.36. The normalized spacial score (nSPS) is 12.5. The summed E-state index contributed by atoms with van der Waals surface area (Å²) in [4.78, 5) is 23.8. The van der Waals surface area contributed by atoms with Crippen LogP contribution in [-0.2, 0) is 14.6 Å². The average Bonchev–Trinajstić information content (AvgIpc) is 2.39. The van der Waals surface area contributed by atoms with Crippen molar-refractivity contribution in [2.45, 2.75) is 11.8 Å². The molecule has 22 heavy (non-hydrogen) atoms. The molecule has 1 aromatic carbocycles. The smallest absolute Gasteiger partial charge is 0.321 e. The Morgan fingerprint density at radius 3 is 2.50 bits per heavy atom. The monoisotopic (exact) mass is 348 g/mol. The molecule has 122 valence electrons. The maximum Gasteiger partial charge on any atom is 0.321 e. The summed E-state index contributed by atoms with van der Waals surface area (Å²) >= 11 is 5.82. The van der Waals surface area contributed by atoms with Gasteiger partial charge in [0.15, 0.2) is 9.84 Å². The number of anilines is 1. The Balaban J connectivity index is 2.87. The van der Waals surface area contributed by atoms with Gasteiger partial charge in [-0.05, 0) is 18.2 Å². The van der Waals surface area contributed by atoms with Crippen molar-refractivity contribution in [2.24, 2.45) is 5.92 Å². The lowest BCUT2D eigenvalue weighted by molar-refractivity contribution is -0.141. The van der Waals surface area contributed by atoms with Gasteiger partial charge in [-0.3, -0.25) is 4.79 Å². The van der Waals surface area contributed by atoms with E-state index in [1.807, 2.05) is 0 Å². The summed E-state index contributed by atoms with van der Waals surface area (Å²) < 4.78 is 23.1. The largest absolute Gasteiger partial charge is 0.481 e. The molecule has 0 spiro atoms. The van der Waals surface area contributed by atoms with E-state index in [1.54, 1.807) is 0 Å². The first kappa shape index (κ1) is 18.2. The van der Waals surface area contributed by atoms with Crippen LogP contribution in [0.15, 0.2) is 23.1 Å². The van der Waals surface area contributed by atoms with Gasteiger partial charge in [-0.15, -0.1) is 0 Å². The summed E-state index contributed by atoms with van der Waals surface area (Å²) in [6.07, 6.45) is 1.01. The number of benzene rings is 1. The zero-order valence-electron chi connectivity index (χ0n) is 12.3. The molecule has 9 heteroatoms. The maximum atomic E-state index is 12.0. The lowest BCUT2D eigenvalue weighted by Crippen LogP contribution is -2.36. The third-order valence-electron chi connectivity index (χ3n) is 2.90. The van der Waals surface area contributed by atoms with E-state index in [0.29, 0.717) is 0 Å². The standard InChI is InChI=1S/C13H17ClN2O5S/c1-8(12(17)18)7-16(2)13(19)15-9-4-5-10(14)11(6-9)22(3,20)21/h4-6,8H,7H2,1-3H3,(H,15,19)(H,17,18). The third-order valence-corrected chi connectivity index (χ3v) is 4.48. The number of sulfone groups is 1. The van der Waals surface area contributed by atoms with Gasteiger partial charge in [0.05, 0.1) is 15.8 Å². The van der Waals surface area contributed by atoms with Gasteiger partial charge in [-0.2, -0.15) is 0 Å². The molecular weight excluding hydrogens is 332 g/mol. The minimum absolute atomic E-state index is 0.0215. The van der Waals surface area contributed by atoms with Crippen molar-refractivity contribution in [3.8, 4) is 0 Å². The average molecular weight is 349 g/mol. The van der Waals surface area contributed by atoms with Crippen LogP contribution in [0, 0.1) is 5.92 Å². The molecule has 0 aliphatic heterocycles. The van der Waals surface area contributed by atoms with Crippen LogP contribution in [0.3, 0.4) is 0 Å². The highest BCUT2D eigenvalue weighted by Crippen LogP contribution is 2.25. The number of nitrogens with one attached hydrogen (secondary N) is 1. The van der Waals surface area contributed by atoms with Crippen LogP contribution in [0.1, 0.15) is 6.92 Å². The summed E-state index contributed by atoms with van der Waals surface area (Å²) in [5.41, 5.74) is 0.254. The molecule has 1 rings (SSSR count). The van der Waals surface area contributed by atoms with Crippen LogP contribution in [0.5, 0.6) is 0 Å². The van der Waals surface area contributed by atoms with E-state index in [2.05, 4.69) is 5.32 Å². The molecular formula is C13H17ClN2O5S. The number of urea groups is 1. The topological polar surface area (TPSA) is 104 Å². The van der Waals surface area contributed by atoms with Gasteiger partial charge in [0, 0.05) is 25.5 Å². The molecule has 0 fully saturated rings. The highest BCUT2D eigenvalue weighted by atomic mass is 35.5. The molecule has 1 unspecified atom stereocenters. The summed E-state index contributed by atoms with van der Waals surface area (Å²) in [5.74, 6) is -1.72. The van der Waals surface area contributed by atoms with Gasteiger partial charge >= 0.3 is 12.0 Å². The molecule has 0 saturated heterocycles. The van der Waals surface area contributed by atoms with Gasteiger partial charge in [0.25, 0.3) is 0 Å². The van der Waals surface area contributed by atoms with Crippen LogP contribution < -0.4 is 5.32 Å². The van der Waals surface area contributed by atoms with Crippen molar-refractivity contribution in [1.82, 2.24) is 4.90 Å². The molecule has 0 aliphatic carbocycles. The molecule has 2 amide bonds. The zero-order valence-corrected chi connectivity index (χ0v) is 13.9. The van der Waals surface area contributed by atoms with Crippen LogP contribution in [0.25, 0.3) is 0 Å². The Labute approximate surface area is 133 Å². The Morgan fingerprint density at radius 2 is 2.00 bits per heavy atom. The number of carbonyl (C=O) groups excluding carboxylic acids is 1. The van der Waals surface area contributed by atoms with Crippen molar-refractivity contribution in [3.63, 3.8) is 0 Å². The molecule has 7 nitrogen and oxygen atoms in total. The quantitative estimate of drug-likeness (QED) is 0.846. The van der Waals surface area contributed by atoms with Crippen molar-refractivity contribution in [2.75, 3.05) is 25.2 Å². The number of carboxylic acids is 1. The minimum atomic E-state index is -3.52.